The van der Waals surface area contributed by atoms with Crippen LogP contribution in [-0.2, 0) is 4.74 Å². The Morgan fingerprint density at radius 2 is 2.00 bits per heavy atom. The molecule has 0 unspecified atom stereocenters. The van der Waals surface area contributed by atoms with Gasteiger partial charge in [0.05, 0.1) is 5.60 Å². The number of β-amino-alcohol motifs (C(OH)–C–C–N with tert-alkyl or cyclic N) is 1. The second-order valence-electron chi connectivity index (χ2n) is 5.98. The molecule has 124 valence electrons. The fraction of sp³-hybridized carbons (Fsp3) is 0.929. The zero-order valence-corrected chi connectivity index (χ0v) is 13.6. The van der Waals surface area contributed by atoms with Crippen molar-refractivity contribution in [2.24, 2.45) is 10.8 Å². The van der Waals surface area contributed by atoms with E-state index in [1.807, 2.05) is 20.8 Å². The first-order valence-electron chi connectivity index (χ1n) is 7.74. The second-order valence-corrected chi connectivity index (χ2v) is 5.98. The maximum Gasteiger partial charge on any atom is 0.208 e. The van der Waals surface area contributed by atoms with Gasteiger partial charge in [0.1, 0.15) is 0 Å². The van der Waals surface area contributed by atoms with Gasteiger partial charge in [0.2, 0.25) is 5.96 Å². The molecule has 0 spiro atoms. The predicted molar refractivity (Wildman–Crippen MR) is 85.0 cm³/mol. The van der Waals surface area contributed by atoms with Crippen molar-refractivity contribution in [1.29, 1.82) is 0 Å². The van der Waals surface area contributed by atoms with Gasteiger partial charge in [0.15, 0.2) is 0 Å². The van der Waals surface area contributed by atoms with Gasteiger partial charge in [0, 0.05) is 52.5 Å². The molecule has 0 saturated carbocycles. The lowest BCUT2D eigenvalue weighted by Gasteiger charge is -2.38. The number of hydrogen-bond acceptors (Lipinski definition) is 5. The number of hydrazine groups is 1. The maximum absolute atomic E-state index is 9.85. The highest BCUT2D eigenvalue weighted by Crippen LogP contribution is 2.08. The van der Waals surface area contributed by atoms with Crippen molar-refractivity contribution in [3.05, 3.63) is 0 Å². The number of piperazine rings is 1. The van der Waals surface area contributed by atoms with Crippen molar-refractivity contribution < 1.29 is 9.84 Å². The van der Waals surface area contributed by atoms with E-state index in [0.29, 0.717) is 13.1 Å². The van der Waals surface area contributed by atoms with E-state index in [0.717, 1.165) is 51.8 Å². The molecule has 21 heavy (non-hydrogen) atoms. The van der Waals surface area contributed by atoms with Gasteiger partial charge in [-0.25, -0.2) is 5.84 Å². The average Bonchev–Trinajstić information content (AvgIpc) is 2.42. The Labute approximate surface area is 128 Å². The van der Waals surface area contributed by atoms with Gasteiger partial charge in [-0.15, -0.1) is 0 Å². The summed E-state index contributed by atoms with van der Waals surface area (Å²) in [4.78, 5) is 8.91. The zero-order chi connectivity index (χ0) is 15.7. The first kappa shape index (κ1) is 18.2. The minimum absolute atomic E-state index is 0.648. The van der Waals surface area contributed by atoms with E-state index in [4.69, 9.17) is 10.6 Å². The lowest BCUT2D eigenvalue weighted by atomic mass is 10.1. The van der Waals surface area contributed by atoms with Crippen LogP contribution in [0.25, 0.3) is 0 Å². The highest BCUT2D eigenvalue weighted by molar-refractivity contribution is 5.79. The van der Waals surface area contributed by atoms with Crippen LogP contribution in [-0.4, -0.2) is 78.9 Å². The molecule has 1 aliphatic heterocycles. The number of aliphatic hydroxyl groups is 1. The number of nitrogens with one attached hydrogen (secondary N) is 1. The molecule has 0 aromatic rings. The largest absolute Gasteiger partial charge is 0.389 e. The molecule has 0 radical (unpaired) electrons. The Kier molecular flexibility index (Phi) is 7.95. The van der Waals surface area contributed by atoms with Crippen LogP contribution < -0.4 is 11.3 Å². The molecule has 7 nitrogen and oxygen atoms in total. The highest BCUT2D eigenvalue weighted by atomic mass is 16.5. The third-order valence-corrected chi connectivity index (χ3v) is 3.32. The zero-order valence-electron chi connectivity index (χ0n) is 13.6. The molecule has 0 aliphatic carbocycles. The molecule has 1 heterocycles. The Morgan fingerprint density at radius 1 is 1.33 bits per heavy atom. The van der Waals surface area contributed by atoms with E-state index in [9.17, 15) is 5.11 Å². The number of aliphatic imine (C=N–C) groups is 1. The summed E-state index contributed by atoms with van der Waals surface area (Å²) in [6.07, 6.45) is 0.900. The summed E-state index contributed by atoms with van der Waals surface area (Å²) in [5.74, 6) is 6.32. The van der Waals surface area contributed by atoms with Crippen LogP contribution in [0.3, 0.4) is 0 Å². The Balaban J connectivity index is 2.34. The van der Waals surface area contributed by atoms with Gasteiger partial charge in [-0.05, 0) is 27.2 Å². The molecule has 0 aromatic carbocycles. The molecule has 4 N–H and O–H groups in total. The molecular weight excluding hydrogens is 270 g/mol. The monoisotopic (exact) mass is 301 g/mol. The summed E-state index contributed by atoms with van der Waals surface area (Å²) in [5.41, 5.74) is 2.04. The molecule has 7 heteroatoms. The molecule has 1 aliphatic rings. The summed E-state index contributed by atoms with van der Waals surface area (Å²) < 4.78 is 5.29. The Hall–Kier alpha value is -0.890. The number of rotatable bonds is 7. The van der Waals surface area contributed by atoms with Crippen LogP contribution in [0, 0.1) is 0 Å². The number of guanidine groups is 1. The van der Waals surface area contributed by atoms with Crippen LogP contribution in [0.2, 0.25) is 0 Å². The molecular formula is C14H31N5O2. The standard InChI is InChI=1S/C14H31N5O2/c1-4-21-11-5-6-16-13(17-15)19-9-7-18(8-10-19)12-14(2,3)20/h20H,4-12,15H2,1-3H3,(H,16,17). The Bertz CT molecular complexity index is 309. The summed E-state index contributed by atoms with van der Waals surface area (Å²) in [7, 11) is 0. The Morgan fingerprint density at radius 3 is 2.52 bits per heavy atom. The number of nitrogens with zero attached hydrogens (tertiary/aromatic N) is 3. The summed E-state index contributed by atoms with van der Waals surface area (Å²) >= 11 is 0. The van der Waals surface area contributed by atoms with E-state index in [1.165, 1.54) is 0 Å². The molecule has 1 saturated heterocycles. The molecule has 1 fully saturated rings. The average molecular weight is 301 g/mol. The van der Waals surface area contributed by atoms with Crippen LogP contribution in [0.5, 0.6) is 0 Å². The van der Waals surface area contributed by atoms with Crippen molar-refractivity contribution in [3.63, 3.8) is 0 Å². The number of nitrogens with two attached hydrogens (primary N) is 1. The lowest BCUT2D eigenvalue weighted by molar-refractivity contribution is 0.0248. The fourth-order valence-electron chi connectivity index (χ4n) is 2.40. The van der Waals surface area contributed by atoms with Crippen LogP contribution in [0.1, 0.15) is 27.2 Å². The quantitative estimate of drug-likeness (QED) is 0.195. The smallest absolute Gasteiger partial charge is 0.208 e. The molecule has 0 atom stereocenters. The second kappa shape index (κ2) is 9.19. The molecule has 0 aromatic heterocycles. The first-order valence-corrected chi connectivity index (χ1v) is 7.74. The van der Waals surface area contributed by atoms with Gasteiger partial charge in [-0.1, -0.05) is 0 Å². The van der Waals surface area contributed by atoms with Crippen molar-refractivity contribution >= 4 is 5.96 Å². The normalized spacial score (nSPS) is 18.1. The third-order valence-electron chi connectivity index (χ3n) is 3.32. The first-order chi connectivity index (χ1) is 9.96. The van der Waals surface area contributed by atoms with Crippen molar-refractivity contribution in [1.82, 2.24) is 15.2 Å². The van der Waals surface area contributed by atoms with Gasteiger partial charge >= 0.3 is 0 Å². The van der Waals surface area contributed by atoms with E-state index in [-0.39, 0.29) is 0 Å². The van der Waals surface area contributed by atoms with E-state index in [2.05, 4.69) is 20.2 Å². The molecule has 0 amide bonds. The summed E-state index contributed by atoms with van der Waals surface area (Å²) in [6, 6.07) is 0. The van der Waals surface area contributed by atoms with Gasteiger partial charge in [0.25, 0.3) is 0 Å². The summed E-state index contributed by atoms with van der Waals surface area (Å²) in [5, 5.41) is 9.85. The molecule has 1 rings (SSSR count). The predicted octanol–water partition coefficient (Wildman–Crippen LogP) is -0.379. The van der Waals surface area contributed by atoms with Crippen LogP contribution in [0.4, 0.5) is 0 Å². The SMILES string of the molecule is CCOCCCN=C(NN)N1CCN(CC(C)(C)O)CC1. The van der Waals surface area contributed by atoms with Crippen molar-refractivity contribution in [3.8, 4) is 0 Å². The van der Waals surface area contributed by atoms with Crippen LogP contribution in [0.15, 0.2) is 4.99 Å². The number of ether oxygens (including phenoxy) is 1. The van der Waals surface area contributed by atoms with Gasteiger partial charge in [-0.2, -0.15) is 0 Å². The van der Waals surface area contributed by atoms with E-state index >= 15 is 0 Å². The molecule has 0 bridgehead atoms. The van der Waals surface area contributed by atoms with E-state index < -0.39 is 5.60 Å². The minimum atomic E-state index is -0.648. The highest BCUT2D eigenvalue weighted by Gasteiger charge is 2.23. The van der Waals surface area contributed by atoms with Crippen LogP contribution >= 0.6 is 0 Å². The number of hydrogen-bond donors (Lipinski definition) is 3. The third kappa shape index (κ3) is 7.61. The summed E-state index contributed by atoms with van der Waals surface area (Å²) in [6.45, 7) is 12.1. The lowest BCUT2D eigenvalue weighted by Crippen LogP contribution is -2.55. The topological polar surface area (TPSA) is 86.4 Å². The van der Waals surface area contributed by atoms with Gasteiger partial charge < -0.3 is 14.7 Å². The van der Waals surface area contributed by atoms with E-state index in [1.54, 1.807) is 0 Å². The van der Waals surface area contributed by atoms with Crippen molar-refractivity contribution in [2.75, 3.05) is 52.5 Å². The van der Waals surface area contributed by atoms with Gasteiger partial charge in [-0.3, -0.25) is 15.3 Å². The fourth-order valence-corrected chi connectivity index (χ4v) is 2.40. The van der Waals surface area contributed by atoms with Crippen molar-refractivity contribution in [2.45, 2.75) is 32.8 Å². The minimum Gasteiger partial charge on any atom is -0.389 e. The maximum atomic E-state index is 9.85.